The molecule has 0 aliphatic carbocycles. The molecule has 1 aromatic rings. The molecule has 1 amide bonds. The van der Waals surface area contributed by atoms with Gasteiger partial charge in [-0.15, -0.1) is 0 Å². The molecule has 2 N–H and O–H groups in total. The second-order valence-corrected chi connectivity index (χ2v) is 6.69. The van der Waals surface area contributed by atoms with Crippen LogP contribution in [0, 0.1) is 5.82 Å². The van der Waals surface area contributed by atoms with Crippen molar-refractivity contribution in [1.29, 1.82) is 0 Å². The molecule has 0 saturated carbocycles. The SMILES string of the molecule is CC/C=C/C/C=C/C/C=C/CCCCCCCNC(=O)n1cc(F)c(=O)[nH]c1=O. The number of nitrogens with zero attached hydrogens (tertiary/aromatic N) is 1. The highest BCUT2D eigenvalue weighted by atomic mass is 19.1. The Labute approximate surface area is 171 Å². The summed E-state index contributed by atoms with van der Waals surface area (Å²) in [5.41, 5.74) is -2.09. The fourth-order valence-corrected chi connectivity index (χ4v) is 2.62. The van der Waals surface area contributed by atoms with Crippen LogP contribution in [0.5, 0.6) is 0 Å². The number of amides is 1. The number of hydrogen-bond donors (Lipinski definition) is 2. The topological polar surface area (TPSA) is 84.0 Å². The predicted octanol–water partition coefficient (Wildman–Crippen LogP) is 4.43. The molecule has 1 rings (SSSR count). The van der Waals surface area contributed by atoms with Gasteiger partial charge in [-0.1, -0.05) is 62.6 Å². The average molecular weight is 406 g/mol. The molecule has 7 heteroatoms. The zero-order valence-electron chi connectivity index (χ0n) is 17.2. The largest absolute Gasteiger partial charge is 0.337 e. The second kappa shape index (κ2) is 15.2. The summed E-state index contributed by atoms with van der Waals surface area (Å²) in [7, 11) is 0. The van der Waals surface area contributed by atoms with Crippen LogP contribution in [-0.2, 0) is 0 Å². The van der Waals surface area contributed by atoms with Crippen LogP contribution in [0.4, 0.5) is 9.18 Å². The summed E-state index contributed by atoms with van der Waals surface area (Å²) in [6.07, 6.45) is 22.9. The maximum absolute atomic E-state index is 13.2. The minimum absolute atomic E-state index is 0.395. The third-order valence-electron chi connectivity index (χ3n) is 4.22. The number of carbonyl (C=O) groups is 1. The lowest BCUT2D eigenvalue weighted by atomic mass is 10.1. The van der Waals surface area contributed by atoms with Gasteiger partial charge in [-0.05, 0) is 38.5 Å². The van der Waals surface area contributed by atoms with Gasteiger partial charge in [0.1, 0.15) is 0 Å². The normalized spacial score (nSPS) is 11.8. The lowest BCUT2D eigenvalue weighted by molar-refractivity contribution is 0.240. The molecule has 0 aliphatic heterocycles. The van der Waals surface area contributed by atoms with Gasteiger partial charge in [-0.25, -0.2) is 14.2 Å². The summed E-state index contributed by atoms with van der Waals surface area (Å²) in [6.45, 7) is 2.52. The molecule has 0 unspecified atom stereocenters. The van der Waals surface area contributed by atoms with Crippen LogP contribution in [0.3, 0.4) is 0 Å². The Balaban J connectivity index is 2.03. The number of allylic oxidation sites excluding steroid dienone is 6. The summed E-state index contributed by atoms with van der Waals surface area (Å²) in [5.74, 6) is -1.17. The minimum atomic E-state index is -1.17. The van der Waals surface area contributed by atoms with E-state index in [2.05, 4.69) is 48.7 Å². The van der Waals surface area contributed by atoms with E-state index in [9.17, 15) is 18.8 Å². The monoisotopic (exact) mass is 405 g/mol. The first-order valence-electron chi connectivity index (χ1n) is 10.3. The molecule has 0 spiro atoms. The maximum Gasteiger partial charge on any atom is 0.336 e. The van der Waals surface area contributed by atoms with Crippen molar-refractivity contribution in [3.05, 3.63) is 69.3 Å². The quantitative estimate of drug-likeness (QED) is 0.376. The Morgan fingerprint density at radius 2 is 1.62 bits per heavy atom. The van der Waals surface area contributed by atoms with Crippen LogP contribution in [0.15, 0.2) is 52.2 Å². The first kappa shape index (κ1) is 24.3. The van der Waals surface area contributed by atoms with Crippen molar-refractivity contribution in [2.75, 3.05) is 6.54 Å². The highest BCUT2D eigenvalue weighted by Gasteiger charge is 2.09. The third-order valence-corrected chi connectivity index (χ3v) is 4.22. The van der Waals surface area contributed by atoms with Crippen LogP contribution in [0.25, 0.3) is 0 Å². The molecular formula is C22H32FN3O3. The number of hydrogen-bond acceptors (Lipinski definition) is 3. The summed E-state index contributed by atoms with van der Waals surface area (Å²) < 4.78 is 13.7. The zero-order chi connectivity index (χ0) is 21.3. The van der Waals surface area contributed by atoms with E-state index in [1.165, 1.54) is 0 Å². The van der Waals surface area contributed by atoms with E-state index < -0.39 is 23.1 Å². The summed E-state index contributed by atoms with van der Waals surface area (Å²) in [4.78, 5) is 36.0. The lowest BCUT2D eigenvalue weighted by Crippen LogP contribution is -2.40. The van der Waals surface area contributed by atoms with E-state index in [4.69, 9.17) is 0 Å². The number of nitrogens with one attached hydrogen (secondary N) is 2. The van der Waals surface area contributed by atoms with Crippen molar-refractivity contribution in [2.45, 2.75) is 64.7 Å². The zero-order valence-corrected chi connectivity index (χ0v) is 17.2. The van der Waals surface area contributed by atoms with Crippen molar-refractivity contribution in [3.63, 3.8) is 0 Å². The van der Waals surface area contributed by atoms with Crippen LogP contribution < -0.4 is 16.6 Å². The Bertz CT molecular complexity index is 806. The first-order valence-corrected chi connectivity index (χ1v) is 10.3. The lowest BCUT2D eigenvalue weighted by Gasteiger charge is -2.06. The molecule has 0 aromatic carbocycles. The molecule has 1 aromatic heterocycles. The van der Waals surface area contributed by atoms with E-state index >= 15 is 0 Å². The van der Waals surface area contributed by atoms with Crippen LogP contribution in [0.2, 0.25) is 0 Å². The van der Waals surface area contributed by atoms with Gasteiger partial charge in [-0.2, -0.15) is 4.39 Å². The summed E-state index contributed by atoms with van der Waals surface area (Å²) in [5, 5.41) is 2.55. The first-order chi connectivity index (χ1) is 14.1. The molecule has 0 fully saturated rings. The molecule has 0 atom stereocenters. The number of rotatable bonds is 13. The van der Waals surface area contributed by atoms with Gasteiger partial charge < -0.3 is 5.32 Å². The van der Waals surface area contributed by atoms with Crippen molar-refractivity contribution in [2.24, 2.45) is 0 Å². The maximum atomic E-state index is 13.2. The fraction of sp³-hybridized carbons (Fsp3) is 0.500. The molecule has 0 aliphatic rings. The average Bonchev–Trinajstić information content (AvgIpc) is 2.70. The molecule has 6 nitrogen and oxygen atoms in total. The molecule has 29 heavy (non-hydrogen) atoms. The number of H-pyrrole nitrogens is 1. The summed E-state index contributed by atoms with van der Waals surface area (Å²) >= 11 is 0. The van der Waals surface area contributed by atoms with Gasteiger partial charge in [0.15, 0.2) is 0 Å². The summed E-state index contributed by atoms with van der Waals surface area (Å²) in [6, 6.07) is -0.745. The Hall–Kier alpha value is -2.70. The van der Waals surface area contributed by atoms with Crippen LogP contribution in [-0.4, -0.2) is 22.1 Å². The molecule has 0 radical (unpaired) electrons. The van der Waals surface area contributed by atoms with Gasteiger partial charge >= 0.3 is 11.7 Å². The number of carbonyl (C=O) groups excluding carboxylic acids is 1. The van der Waals surface area contributed by atoms with Crippen molar-refractivity contribution < 1.29 is 9.18 Å². The number of unbranched alkanes of at least 4 members (excludes halogenated alkanes) is 5. The van der Waals surface area contributed by atoms with Crippen LogP contribution >= 0.6 is 0 Å². The Morgan fingerprint density at radius 1 is 1.00 bits per heavy atom. The van der Waals surface area contributed by atoms with Crippen molar-refractivity contribution in [1.82, 2.24) is 14.9 Å². The third kappa shape index (κ3) is 11.0. The highest BCUT2D eigenvalue weighted by molar-refractivity contribution is 5.76. The van der Waals surface area contributed by atoms with E-state index in [0.29, 0.717) is 17.3 Å². The van der Waals surface area contributed by atoms with E-state index in [-0.39, 0.29) is 0 Å². The van der Waals surface area contributed by atoms with Gasteiger partial charge in [0.05, 0.1) is 6.20 Å². The van der Waals surface area contributed by atoms with Crippen molar-refractivity contribution >= 4 is 6.03 Å². The fourth-order valence-electron chi connectivity index (χ4n) is 2.62. The molecule has 1 heterocycles. The smallest absolute Gasteiger partial charge is 0.336 e. The number of halogens is 1. The van der Waals surface area contributed by atoms with Gasteiger partial charge in [0.25, 0.3) is 5.56 Å². The minimum Gasteiger partial charge on any atom is -0.337 e. The predicted molar refractivity (Wildman–Crippen MR) is 115 cm³/mol. The van der Waals surface area contributed by atoms with E-state index in [1.807, 2.05) is 0 Å². The molecule has 0 bridgehead atoms. The number of aromatic amines is 1. The van der Waals surface area contributed by atoms with E-state index in [1.54, 1.807) is 4.98 Å². The molecular weight excluding hydrogens is 373 g/mol. The number of aromatic nitrogens is 2. The Morgan fingerprint density at radius 3 is 2.34 bits per heavy atom. The van der Waals surface area contributed by atoms with Gasteiger partial charge in [0, 0.05) is 6.54 Å². The standard InChI is InChI=1S/C22H32FN3O3/c1-2-3-4-5-6-7-8-9-10-11-12-13-14-15-16-17-24-21(28)26-18-19(23)20(27)25-22(26)29/h3-4,6-7,9-10,18H,2,5,8,11-17H2,1H3,(H,24,28)(H,25,27,29)/b4-3+,7-6+,10-9+. The van der Waals surface area contributed by atoms with E-state index in [0.717, 1.165) is 57.8 Å². The molecule has 160 valence electrons. The Kier molecular flexibility index (Phi) is 12.8. The highest BCUT2D eigenvalue weighted by Crippen LogP contribution is 2.06. The van der Waals surface area contributed by atoms with Gasteiger partial charge in [-0.3, -0.25) is 9.78 Å². The second-order valence-electron chi connectivity index (χ2n) is 6.69. The molecule has 0 saturated heterocycles. The van der Waals surface area contributed by atoms with Gasteiger partial charge in [0.2, 0.25) is 5.82 Å². The van der Waals surface area contributed by atoms with Crippen LogP contribution in [0.1, 0.15) is 64.7 Å². The van der Waals surface area contributed by atoms with Crippen molar-refractivity contribution in [3.8, 4) is 0 Å².